The smallest absolute Gasteiger partial charge is 0.156 e. The molecule has 2 N–H and O–H groups in total. The molecular formula is C9H9N3S2. The molecule has 0 aromatic carbocycles. The summed E-state index contributed by atoms with van der Waals surface area (Å²) in [6.45, 7) is 1.98. The van der Waals surface area contributed by atoms with Crippen molar-refractivity contribution in [2.75, 3.05) is 5.73 Å². The topological polar surface area (TPSA) is 51.8 Å². The predicted molar refractivity (Wildman–Crippen MR) is 59.6 cm³/mol. The van der Waals surface area contributed by atoms with E-state index >= 15 is 0 Å². The Morgan fingerprint density at radius 1 is 1.36 bits per heavy atom. The molecule has 2 aromatic heterocycles. The highest BCUT2D eigenvalue weighted by Gasteiger charge is 2.06. The summed E-state index contributed by atoms with van der Waals surface area (Å²) in [5.41, 5.74) is 7.69. The van der Waals surface area contributed by atoms with Crippen LogP contribution in [-0.4, -0.2) is 9.97 Å². The normalized spacial score (nSPS) is 10.4. The maximum absolute atomic E-state index is 5.89. The lowest BCUT2D eigenvalue weighted by Crippen LogP contribution is -1.94. The number of hydrogen-bond acceptors (Lipinski definition) is 5. The van der Waals surface area contributed by atoms with Gasteiger partial charge in [-0.3, -0.25) is 0 Å². The monoisotopic (exact) mass is 223 g/mol. The first-order valence-corrected chi connectivity index (χ1v) is 5.75. The summed E-state index contributed by atoms with van der Waals surface area (Å²) in [4.78, 5) is 8.39. The molecule has 3 nitrogen and oxygen atoms in total. The quantitative estimate of drug-likeness (QED) is 0.850. The fourth-order valence-corrected chi connectivity index (χ4v) is 2.59. The second-order valence-electron chi connectivity index (χ2n) is 2.75. The van der Waals surface area contributed by atoms with Crippen LogP contribution in [0.15, 0.2) is 33.2 Å². The predicted octanol–water partition coefficient (Wildman–Crippen LogP) is 2.58. The maximum atomic E-state index is 5.89. The van der Waals surface area contributed by atoms with Gasteiger partial charge >= 0.3 is 0 Å². The van der Waals surface area contributed by atoms with E-state index in [1.165, 1.54) is 11.8 Å². The second kappa shape index (κ2) is 3.98. The van der Waals surface area contributed by atoms with E-state index < -0.39 is 0 Å². The van der Waals surface area contributed by atoms with Crippen LogP contribution in [0.25, 0.3) is 0 Å². The summed E-state index contributed by atoms with van der Waals surface area (Å²) < 4.78 is 0.967. The Morgan fingerprint density at radius 2 is 2.21 bits per heavy atom. The van der Waals surface area contributed by atoms with Crippen molar-refractivity contribution in [1.82, 2.24) is 9.97 Å². The molecule has 2 heterocycles. The van der Waals surface area contributed by atoms with Crippen molar-refractivity contribution in [3.63, 3.8) is 0 Å². The summed E-state index contributed by atoms with van der Waals surface area (Å²) in [5, 5.41) is 2.77. The van der Waals surface area contributed by atoms with E-state index in [-0.39, 0.29) is 0 Å². The second-order valence-corrected chi connectivity index (χ2v) is 4.88. The van der Waals surface area contributed by atoms with E-state index in [1.54, 1.807) is 23.7 Å². The minimum Gasteiger partial charge on any atom is -0.396 e. The van der Waals surface area contributed by atoms with Crippen molar-refractivity contribution in [2.24, 2.45) is 0 Å². The summed E-state index contributed by atoms with van der Waals surface area (Å²) >= 11 is 3.09. The highest BCUT2D eigenvalue weighted by atomic mass is 32.2. The van der Waals surface area contributed by atoms with E-state index in [2.05, 4.69) is 9.97 Å². The van der Waals surface area contributed by atoms with Crippen molar-refractivity contribution >= 4 is 28.8 Å². The number of rotatable bonds is 2. The largest absolute Gasteiger partial charge is 0.396 e. The Kier molecular flexibility index (Phi) is 2.69. The van der Waals surface area contributed by atoms with Crippen LogP contribution < -0.4 is 5.73 Å². The average Bonchev–Trinajstić information content (AvgIpc) is 2.66. The number of thiazole rings is 1. The van der Waals surface area contributed by atoms with Gasteiger partial charge in [0.15, 0.2) is 4.34 Å². The van der Waals surface area contributed by atoms with Crippen LogP contribution in [0, 0.1) is 6.92 Å². The Morgan fingerprint density at radius 3 is 2.93 bits per heavy atom. The number of pyridine rings is 1. The van der Waals surface area contributed by atoms with Gasteiger partial charge in [-0.25, -0.2) is 9.97 Å². The zero-order valence-electron chi connectivity index (χ0n) is 7.60. The molecule has 0 radical (unpaired) electrons. The van der Waals surface area contributed by atoms with Crippen molar-refractivity contribution in [3.05, 3.63) is 29.4 Å². The molecule has 0 aliphatic rings. The van der Waals surface area contributed by atoms with Crippen molar-refractivity contribution in [2.45, 2.75) is 16.3 Å². The minimum atomic E-state index is 0.743. The fraction of sp³-hybridized carbons (Fsp3) is 0.111. The van der Waals surface area contributed by atoms with Gasteiger partial charge < -0.3 is 5.73 Å². The molecule has 14 heavy (non-hydrogen) atoms. The number of anilines is 1. The van der Waals surface area contributed by atoms with Crippen LogP contribution in [0.2, 0.25) is 0 Å². The molecule has 0 spiro atoms. The SMILES string of the molecule is Cc1ccnc(Sc2nccs2)c1N. The van der Waals surface area contributed by atoms with Gasteiger partial charge in [-0.05, 0) is 30.3 Å². The van der Waals surface area contributed by atoms with Crippen LogP contribution in [0.1, 0.15) is 5.56 Å². The molecule has 0 aliphatic carbocycles. The Bertz CT molecular complexity index is 426. The molecule has 0 amide bonds. The first-order valence-electron chi connectivity index (χ1n) is 4.06. The molecule has 0 saturated carbocycles. The van der Waals surface area contributed by atoms with Crippen LogP contribution in [0.3, 0.4) is 0 Å². The number of aryl methyl sites for hydroxylation is 1. The third kappa shape index (κ3) is 1.88. The van der Waals surface area contributed by atoms with Crippen LogP contribution in [0.4, 0.5) is 5.69 Å². The van der Waals surface area contributed by atoms with Crippen LogP contribution >= 0.6 is 23.1 Å². The lowest BCUT2D eigenvalue weighted by Gasteiger charge is -2.03. The van der Waals surface area contributed by atoms with Gasteiger partial charge in [-0.15, -0.1) is 11.3 Å². The summed E-state index contributed by atoms with van der Waals surface area (Å²) in [5.74, 6) is 0. The third-order valence-electron chi connectivity index (χ3n) is 1.77. The standard InChI is InChI=1S/C9H9N3S2/c1-6-2-3-11-8(7(6)10)14-9-12-4-5-13-9/h2-5H,10H2,1H3. The van der Waals surface area contributed by atoms with E-state index in [1.807, 2.05) is 18.4 Å². The first kappa shape index (κ1) is 9.48. The Labute approximate surface area is 90.4 Å². The van der Waals surface area contributed by atoms with Crippen molar-refractivity contribution < 1.29 is 0 Å². The molecule has 2 aromatic rings. The minimum absolute atomic E-state index is 0.743. The molecule has 0 saturated heterocycles. The van der Waals surface area contributed by atoms with Crippen molar-refractivity contribution in [1.29, 1.82) is 0 Å². The van der Waals surface area contributed by atoms with E-state index in [9.17, 15) is 0 Å². The van der Waals surface area contributed by atoms with Crippen LogP contribution in [0.5, 0.6) is 0 Å². The van der Waals surface area contributed by atoms with Gasteiger partial charge in [0, 0.05) is 17.8 Å². The molecule has 72 valence electrons. The summed E-state index contributed by atoms with van der Waals surface area (Å²) in [6, 6.07) is 1.90. The van der Waals surface area contributed by atoms with E-state index in [0.29, 0.717) is 0 Å². The number of aromatic nitrogens is 2. The zero-order valence-corrected chi connectivity index (χ0v) is 9.23. The fourth-order valence-electron chi connectivity index (χ4n) is 0.970. The van der Waals surface area contributed by atoms with Gasteiger partial charge in [0.1, 0.15) is 5.03 Å². The van der Waals surface area contributed by atoms with E-state index in [4.69, 9.17) is 5.73 Å². The number of hydrogen-bond donors (Lipinski definition) is 1. The highest BCUT2D eigenvalue weighted by molar-refractivity contribution is 8.01. The van der Waals surface area contributed by atoms with Gasteiger partial charge in [-0.1, -0.05) is 0 Å². The first-order chi connectivity index (χ1) is 6.77. The third-order valence-corrected chi connectivity index (χ3v) is 3.67. The van der Waals surface area contributed by atoms with E-state index in [0.717, 1.165) is 20.6 Å². The molecule has 0 aliphatic heterocycles. The van der Waals surface area contributed by atoms with Gasteiger partial charge in [0.25, 0.3) is 0 Å². The van der Waals surface area contributed by atoms with Gasteiger partial charge in [-0.2, -0.15) is 0 Å². The summed E-state index contributed by atoms with van der Waals surface area (Å²) in [7, 11) is 0. The molecule has 0 bridgehead atoms. The summed E-state index contributed by atoms with van der Waals surface area (Å²) in [6.07, 6.45) is 3.54. The van der Waals surface area contributed by atoms with Gasteiger partial charge in [0.05, 0.1) is 5.69 Å². The molecular weight excluding hydrogens is 214 g/mol. The number of nitrogens with two attached hydrogens (primary N) is 1. The number of nitrogen functional groups attached to an aromatic ring is 1. The molecule has 5 heteroatoms. The van der Waals surface area contributed by atoms with Crippen molar-refractivity contribution in [3.8, 4) is 0 Å². The lowest BCUT2D eigenvalue weighted by molar-refractivity contribution is 1.11. The Hall–Kier alpha value is -1.07. The zero-order chi connectivity index (χ0) is 9.97. The molecule has 0 fully saturated rings. The maximum Gasteiger partial charge on any atom is 0.156 e. The molecule has 2 rings (SSSR count). The van der Waals surface area contributed by atoms with Crippen LogP contribution in [-0.2, 0) is 0 Å². The molecule has 0 unspecified atom stereocenters. The lowest BCUT2D eigenvalue weighted by atomic mass is 10.3. The molecule has 0 atom stereocenters. The average molecular weight is 223 g/mol. The van der Waals surface area contributed by atoms with Gasteiger partial charge in [0.2, 0.25) is 0 Å². The number of nitrogens with zero attached hydrogens (tertiary/aromatic N) is 2. The highest BCUT2D eigenvalue weighted by Crippen LogP contribution is 2.32. The Balaban J connectivity index is 2.29.